The molecule has 0 radical (unpaired) electrons. The molecular formula is C17H21N3O. The highest BCUT2D eigenvalue weighted by atomic mass is 16.1. The number of ketones is 1. The number of nitrogens with one attached hydrogen (secondary N) is 1. The zero-order valence-corrected chi connectivity index (χ0v) is 12.6. The van der Waals surface area contributed by atoms with E-state index in [1.165, 1.54) is 11.1 Å². The summed E-state index contributed by atoms with van der Waals surface area (Å²) in [4.78, 5) is 12.7. The second-order valence-corrected chi connectivity index (χ2v) is 5.63. The molecule has 1 unspecified atom stereocenters. The second-order valence-electron chi connectivity index (χ2n) is 5.63. The average Bonchev–Trinajstić information content (AvgIpc) is 2.87. The molecule has 1 N–H and O–H groups in total. The number of carbonyl (C=O) groups excluding carboxylic acids is 1. The van der Waals surface area contributed by atoms with Crippen molar-refractivity contribution >= 4 is 5.78 Å². The molecule has 2 aromatic rings. The van der Waals surface area contributed by atoms with Gasteiger partial charge in [-0.2, -0.15) is 5.10 Å². The van der Waals surface area contributed by atoms with E-state index < -0.39 is 0 Å². The topological polar surface area (TPSA) is 46.9 Å². The molecular weight excluding hydrogens is 262 g/mol. The van der Waals surface area contributed by atoms with Gasteiger partial charge in [0, 0.05) is 32.3 Å². The fraction of sp³-hybridized carbons (Fsp3) is 0.412. The number of benzene rings is 1. The average molecular weight is 283 g/mol. The van der Waals surface area contributed by atoms with Crippen LogP contribution >= 0.6 is 0 Å². The van der Waals surface area contributed by atoms with Crippen LogP contribution < -0.4 is 5.32 Å². The van der Waals surface area contributed by atoms with Crippen molar-refractivity contribution in [1.29, 1.82) is 0 Å². The predicted molar refractivity (Wildman–Crippen MR) is 82.2 cm³/mol. The second kappa shape index (κ2) is 5.82. The lowest BCUT2D eigenvalue weighted by Gasteiger charge is -2.25. The summed E-state index contributed by atoms with van der Waals surface area (Å²) >= 11 is 0. The van der Waals surface area contributed by atoms with Gasteiger partial charge in [-0.05, 0) is 23.6 Å². The number of Topliss-reactive ketones (excluding diaryl/α,β-unsaturated/α-hetero) is 1. The molecule has 0 saturated carbocycles. The third kappa shape index (κ3) is 2.76. The quantitative estimate of drug-likeness (QED) is 0.933. The lowest BCUT2D eigenvalue weighted by Crippen LogP contribution is -2.33. The summed E-state index contributed by atoms with van der Waals surface area (Å²) in [6.45, 7) is 3.66. The van der Waals surface area contributed by atoms with Crippen LogP contribution in [0.2, 0.25) is 0 Å². The van der Waals surface area contributed by atoms with E-state index >= 15 is 0 Å². The molecule has 0 bridgehead atoms. The van der Waals surface area contributed by atoms with Crippen molar-refractivity contribution in [3.05, 3.63) is 52.8 Å². The van der Waals surface area contributed by atoms with Crippen LogP contribution in [0, 0.1) is 0 Å². The predicted octanol–water partition coefficient (Wildman–Crippen LogP) is 1.98. The van der Waals surface area contributed by atoms with Gasteiger partial charge < -0.3 is 5.32 Å². The number of carbonyl (C=O) groups is 1. The molecule has 4 nitrogen and oxygen atoms in total. The molecule has 1 aliphatic heterocycles. The number of hydrogen-bond acceptors (Lipinski definition) is 3. The minimum absolute atomic E-state index is 0.0464. The van der Waals surface area contributed by atoms with Gasteiger partial charge in [0.2, 0.25) is 0 Å². The van der Waals surface area contributed by atoms with E-state index in [4.69, 9.17) is 0 Å². The van der Waals surface area contributed by atoms with Gasteiger partial charge in [0.05, 0.1) is 11.6 Å². The number of aryl methyl sites for hydroxylation is 2. The Morgan fingerprint density at radius 3 is 3.00 bits per heavy atom. The van der Waals surface area contributed by atoms with E-state index in [0.717, 1.165) is 30.9 Å². The van der Waals surface area contributed by atoms with Crippen LogP contribution in [0.25, 0.3) is 0 Å². The number of hydrogen-bond donors (Lipinski definition) is 1. The van der Waals surface area contributed by atoms with Gasteiger partial charge in [0.1, 0.15) is 5.78 Å². The standard InChI is InChI=1S/C17H21N3O/c1-3-13-8-14(20(2)19-13)9-17(21)16-11-18-10-12-6-4-5-7-15(12)16/h4-8,16,18H,3,9-11H2,1-2H3. The summed E-state index contributed by atoms with van der Waals surface area (Å²) in [6.07, 6.45) is 1.35. The van der Waals surface area contributed by atoms with Crippen LogP contribution in [0.3, 0.4) is 0 Å². The number of fused-ring (bicyclic) bond motifs is 1. The molecule has 110 valence electrons. The highest BCUT2D eigenvalue weighted by Gasteiger charge is 2.26. The van der Waals surface area contributed by atoms with Crippen molar-refractivity contribution in [3.8, 4) is 0 Å². The molecule has 1 aliphatic rings. The largest absolute Gasteiger partial charge is 0.312 e. The molecule has 0 amide bonds. The molecule has 4 heteroatoms. The normalized spacial score (nSPS) is 17.5. The molecule has 1 aromatic heterocycles. The molecule has 1 aromatic carbocycles. The minimum atomic E-state index is -0.0464. The van der Waals surface area contributed by atoms with Crippen molar-refractivity contribution in [1.82, 2.24) is 15.1 Å². The van der Waals surface area contributed by atoms with Crippen LogP contribution in [0.1, 0.15) is 35.4 Å². The smallest absolute Gasteiger partial charge is 0.147 e. The highest BCUT2D eigenvalue weighted by molar-refractivity contribution is 5.88. The molecule has 0 saturated heterocycles. The molecule has 21 heavy (non-hydrogen) atoms. The molecule has 0 fully saturated rings. The first-order valence-corrected chi connectivity index (χ1v) is 7.52. The van der Waals surface area contributed by atoms with Gasteiger partial charge in [-0.1, -0.05) is 31.2 Å². The summed E-state index contributed by atoms with van der Waals surface area (Å²) in [7, 11) is 1.91. The van der Waals surface area contributed by atoms with Crippen molar-refractivity contribution in [2.75, 3.05) is 6.54 Å². The van der Waals surface area contributed by atoms with Crippen LogP contribution in [0.15, 0.2) is 30.3 Å². The van der Waals surface area contributed by atoms with Crippen molar-refractivity contribution in [3.63, 3.8) is 0 Å². The van der Waals surface area contributed by atoms with Crippen molar-refractivity contribution < 1.29 is 4.79 Å². The summed E-state index contributed by atoms with van der Waals surface area (Å²) in [5, 5.41) is 7.77. The van der Waals surface area contributed by atoms with E-state index in [2.05, 4.69) is 29.5 Å². The van der Waals surface area contributed by atoms with Crippen LogP contribution in [-0.2, 0) is 31.2 Å². The molecule has 3 rings (SSSR count). The number of rotatable bonds is 4. The molecule has 1 atom stereocenters. The Bertz CT molecular complexity index is 660. The summed E-state index contributed by atoms with van der Waals surface area (Å²) in [5.41, 5.74) is 4.46. The summed E-state index contributed by atoms with van der Waals surface area (Å²) in [5.74, 6) is 0.218. The van der Waals surface area contributed by atoms with Gasteiger partial charge in [-0.3, -0.25) is 9.48 Å². The van der Waals surface area contributed by atoms with Crippen molar-refractivity contribution in [2.24, 2.45) is 7.05 Å². The lowest BCUT2D eigenvalue weighted by atomic mass is 9.86. The first-order valence-electron chi connectivity index (χ1n) is 7.52. The van der Waals surface area contributed by atoms with E-state index in [1.54, 1.807) is 0 Å². The zero-order valence-electron chi connectivity index (χ0n) is 12.6. The fourth-order valence-corrected chi connectivity index (χ4v) is 2.99. The van der Waals surface area contributed by atoms with Crippen LogP contribution in [0.5, 0.6) is 0 Å². The fourth-order valence-electron chi connectivity index (χ4n) is 2.99. The van der Waals surface area contributed by atoms with Gasteiger partial charge in [-0.15, -0.1) is 0 Å². The van der Waals surface area contributed by atoms with Crippen LogP contribution in [0.4, 0.5) is 0 Å². The minimum Gasteiger partial charge on any atom is -0.312 e. The Morgan fingerprint density at radius 1 is 1.43 bits per heavy atom. The SMILES string of the molecule is CCc1cc(CC(=O)C2CNCc3ccccc32)n(C)n1. The van der Waals surface area contributed by atoms with Gasteiger partial charge in [0.25, 0.3) is 0 Å². The maximum atomic E-state index is 12.7. The summed E-state index contributed by atoms with van der Waals surface area (Å²) in [6, 6.07) is 10.3. The first-order chi connectivity index (χ1) is 10.2. The monoisotopic (exact) mass is 283 g/mol. The van der Waals surface area contributed by atoms with Gasteiger partial charge in [-0.25, -0.2) is 0 Å². The van der Waals surface area contributed by atoms with Gasteiger partial charge in [0.15, 0.2) is 0 Å². The molecule has 2 heterocycles. The Hall–Kier alpha value is -1.94. The Kier molecular flexibility index (Phi) is 3.88. The highest BCUT2D eigenvalue weighted by Crippen LogP contribution is 2.25. The molecule has 0 aliphatic carbocycles. The first kappa shape index (κ1) is 14.0. The Morgan fingerprint density at radius 2 is 2.24 bits per heavy atom. The molecule has 0 spiro atoms. The van der Waals surface area contributed by atoms with E-state index in [0.29, 0.717) is 6.42 Å². The van der Waals surface area contributed by atoms with Crippen molar-refractivity contribution in [2.45, 2.75) is 32.2 Å². The maximum Gasteiger partial charge on any atom is 0.147 e. The third-order valence-electron chi connectivity index (χ3n) is 4.23. The van der Waals surface area contributed by atoms with E-state index in [-0.39, 0.29) is 11.7 Å². The van der Waals surface area contributed by atoms with Gasteiger partial charge >= 0.3 is 0 Å². The van der Waals surface area contributed by atoms with E-state index in [1.807, 2.05) is 29.9 Å². The Labute approximate surface area is 125 Å². The zero-order chi connectivity index (χ0) is 14.8. The number of nitrogens with zero attached hydrogens (tertiary/aromatic N) is 2. The Balaban J connectivity index is 1.81. The van der Waals surface area contributed by atoms with Crippen LogP contribution in [-0.4, -0.2) is 22.1 Å². The third-order valence-corrected chi connectivity index (χ3v) is 4.23. The summed E-state index contributed by atoms with van der Waals surface area (Å²) < 4.78 is 1.83. The number of aromatic nitrogens is 2. The lowest BCUT2D eigenvalue weighted by molar-refractivity contribution is -0.120. The maximum absolute atomic E-state index is 12.7. The van der Waals surface area contributed by atoms with E-state index in [9.17, 15) is 4.79 Å².